The lowest BCUT2D eigenvalue weighted by molar-refractivity contribution is 1.24. The number of nitrogens with one attached hydrogen (secondary N) is 1. The van der Waals surface area contributed by atoms with Crippen molar-refractivity contribution in [2.75, 3.05) is 0 Å². The van der Waals surface area contributed by atoms with Crippen molar-refractivity contribution in [1.29, 1.82) is 0 Å². The van der Waals surface area contributed by atoms with Crippen molar-refractivity contribution < 1.29 is 0 Å². The number of aromatic nitrogens is 1. The molecule has 0 fully saturated rings. The number of halogens is 1. The van der Waals surface area contributed by atoms with E-state index in [-0.39, 0.29) is 5.56 Å². The number of rotatable bonds is 0. The van der Waals surface area contributed by atoms with Crippen molar-refractivity contribution in [2.24, 2.45) is 0 Å². The highest BCUT2D eigenvalue weighted by Gasteiger charge is 2.08. The lowest BCUT2D eigenvalue weighted by atomic mass is 10.3. The molecule has 0 bridgehead atoms. The van der Waals surface area contributed by atoms with E-state index in [1.807, 2.05) is 13.0 Å². The van der Waals surface area contributed by atoms with Crippen LogP contribution in [0.15, 0.2) is 10.9 Å². The number of thiophene rings is 1. The first-order valence-electron chi connectivity index (χ1n) is 3.88. The van der Waals surface area contributed by atoms with Gasteiger partial charge in [0.25, 0.3) is 5.56 Å². The molecule has 2 rings (SSSR count). The van der Waals surface area contributed by atoms with E-state index >= 15 is 0 Å². The Morgan fingerprint density at radius 3 is 2.85 bits per heavy atom. The highest BCUT2D eigenvalue weighted by atomic mass is 35.5. The molecule has 68 valence electrons. The van der Waals surface area contributed by atoms with E-state index in [9.17, 15) is 4.79 Å². The molecule has 4 heteroatoms. The summed E-state index contributed by atoms with van der Waals surface area (Å²) in [5, 5.41) is 0.580. The fraction of sp³-hybridized carbons (Fsp3) is 0.222. The molecule has 2 nitrogen and oxygen atoms in total. The van der Waals surface area contributed by atoms with Crippen molar-refractivity contribution in [2.45, 2.75) is 13.8 Å². The number of hydrogen-bond acceptors (Lipinski definition) is 2. The summed E-state index contributed by atoms with van der Waals surface area (Å²) in [5.41, 5.74) is 1.33. The van der Waals surface area contributed by atoms with Gasteiger partial charge in [0.1, 0.15) is 0 Å². The molecular weight excluding hydrogens is 206 g/mol. The van der Waals surface area contributed by atoms with Crippen LogP contribution in [-0.2, 0) is 0 Å². The zero-order valence-electron chi connectivity index (χ0n) is 7.27. The van der Waals surface area contributed by atoms with Crippen LogP contribution in [0.5, 0.6) is 0 Å². The molecule has 0 aliphatic rings. The molecule has 0 saturated heterocycles. The summed E-state index contributed by atoms with van der Waals surface area (Å²) < 4.78 is 0.969. The third kappa shape index (κ3) is 1.28. The maximum Gasteiger partial charge on any atom is 0.252 e. The van der Waals surface area contributed by atoms with Gasteiger partial charge in [0.15, 0.2) is 0 Å². The Bertz CT molecular complexity index is 526. The number of aromatic amines is 1. The molecule has 0 aliphatic carbocycles. The van der Waals surface area contributed by atoms with Crippen LogP contribution in [0.1, 0.15) is 10.4 Å². The molecule has 0 saturated carbocycles. The fourth-order valence-electron chi connectivity index (χ4n) is 1.26. The Morgan fingerprint density at radius 2 is 2.15 bits per heavy atom. The van der Waals surface area contributed by atoms with Crippen LogP contribution in [-0.4, -0.2) is 4.98 Å². The van der Waals surface area contributed by atoms with E-state index in [1.54, 1.807) is 18.3 Å². The molecule has 2 aromatic rings. The van der Waals surface area contributed by atoms with Gasteiger partial charge in [0.2, 0.25) is 0 Å². The Balaban J connectivity index is 3.01. The smallest absolute Gasteiger partial charge is 0.252 e. The SMILES string of the molecule is Cc1cc2[nH]c(=O)c(C)c(Cl)c2s1. The van der Waals surface area contributed by atoms with Gasteiger partial charge in [-0.3, -0.25) is 4.79 Å². The number of aryl methyl sites for hydroxylation is 1. The summed E-state index contributed by atoms with van der Waals surface area (Å²) in [7, 11) is 0. The van der Waals surface area contributed by atoms with Gasteiger partial charge in [0.05, 0.1) is 15.2 Å². The van der Waals surface area contributed by atoms with Crippen molar-refractivity contribution in [1.82, 2.24) is 4.98 Å². The van der Waals surface area contributed by atoms with Crippen LogP contribution in [0.25, 0.3) is 10.2 Å². The lowest BCUT2D eigenvalue weighted by Crippen LogP contribution is -2.08. The predicted octanol–water partition coefficient (Wildman–Crippen LogP) is 2.86. The molecule has 0 aliphatic heterocycles. The molecule has 13 heavy (non-hydrogen) atoms. The molecule has 0 radical (unpaired) electrons. The van der Waals surface area contributed by atoms with Gasteiger partial charge in [-0.05, 0) is 19.9 Å². The second-order valence-corrected chi connectivity index (χ2v) is 4.63. The first-order chi connectivity index (χ1) is 6.09. The maximum absolute atomic E-state index is 11.3. The van der Waals surface area contributed by atoms with Gasteiger partial charge in [-0.25, -0.2) is 0 Å². The van der Waals surface area contributed by atoms with E-state index in [0.29, 0.717) is 10.6 Å². The number of hydrogen-bond donors (Lipinski definition) is 1. The predicted molar refractivity (Wildman–Crippen MR) is 56.9 cm³/mol. The Morgan fingerprint density at radius 1 is 1.46 bits per heavy atom. The van der Waals surface area contributed by atoms with Gasteiger partial charge in [0, 0.05) is 10.4 Å². The fourth-order valence-corrected chi connectivity index (χ4v) is 2.52. The Hall–Kier alpha value is -0.800. The summed E-state index contributed by atoms with van der Waals surface area (Å²) in [6.45, 7) is 3.73. The lowest BCUT2D eigenvalue weighted by Gasteiger charge is -1.96. The minimum atomic E-state index is -0.102. The quantitative estimate of drug-likeness (QED) is 0.717. The molecule has 0 amide bonds. The first-order valence-corrected chi connectivity index (χ1v) is 5.07. The third-order valence-electron chi connectivity index (χ3n) is 1.97. The third-order valence-corrected chi connectivity index (χ3v) is 3.63. The van der Waals surface area contributed by atoms with E-state index in [2.05, 4.69) is 4.98 Å². The monoisotopic (exact) mass is 213 g/mol. The molecule has 0 atom stereocenters. The maximum atomic E-state index is 11.3. The zero-order chi connectivity index (χ0) is 9.59. The van der Waals surface area contributed by atoms with Crippen LogP contribution >= 0.6 is 22.9 Å². The Kier molecular flexibility index (Phi) is 1.93. The molecule has 0 aromatic carbocycles. The Labute approximate surface area is 84.2 Å². The molecule has 2 aromatic heterocycles. The first kappa shape index (κ1) is 8.78. The highest BCUT2D eigenvalue weighted by molar-refractivity contribution is 7.19. The zero-order valence-corrected chi connectivity index (χ0v) is 8.84. The standard InChI is InChI=1S/C9H8ClNOS/c1-4-3-6-8(13-4)7(10)5(2)9(12)11-6/h3H,1-2H3,(H,11,12). The van der Waals surface area contributed by atoms with Crippen LogP contribution < -0.4 is 5.56 Å². The molecule has 0 unspecified atom stereocenters. The number of pyridine rings is 1. The summed E-state index contributed by atoms with van der Waals surface area (Å²) in [6.07, 6.45) is 0. The summed E-state index contributed by atoms with van der Waals surface area (Å²) in [5.74, 6) is 0. The number of H-pyrrole nitrogens is 1. The molecule has 1 N–H and O–H groups in total. The van der Waals surface area contributed by atoms with E-state index < -0.39 is 0 Å². The van der Waals surface area contributed by atoms with Crippen molar-refractivity contribution in [3.05, 3.63) is 31.9 Å². The van der Waals surface area contributed by atoms with Gasteiger partial charge in [-0.2, -0.15) is 0 Å². The van der Waals surface area contributed by atoms with Crippen molar-refractivity contribution in [3.63, 3.8) is 0 Å². The second kappa shape index (κ2) is 2.86. The van der Waals surface area contributed by atoms with Crippen LogP contribution in [0, 0.1) is 13.8 Å². The van der Waals surface area contributed by atoms with Gasteiger partial charge >= 0.3 is 0 Å². The minimum Gasteiger partial charge on any atom is -0.321 e. The molecule has 2 heterocycles. The summed E-state index contributed by atoms with van der Waals surface area (Å²) in [6, 6.07) is 1.94. The van der Waals surface area contributed by atoms with Crippen molar-refractivity contribution in [3.8, 4) is 0 Å². The van der Waals surface area contributed by atoms with Crippen molar-refractivity contribution >= 4 is 33.2 Å². The topological polar surface area (TPSA) is 32.9 Å². The van der Waals surface area contributed by atoms with Gasteiger partial charge in [-0.1, -0.05) is 11.6 Å². The highest BCUT2D eigenvalue weighted by Crippen LogP contribution is 2.30. The van der Waals surface area contributed by atoms with E-state index in [0.717, 1.165) is 15.1 Å². The van der Waals surface area contributed by atoms with Crippen LogP contribution in [0.4, 0.5) is 0 Å². The largest absolute Gasteiger partial charge is 0.321 e. The normalized spacial score (nSPS) is 11.0. The average Bonchev–Trinajstić information content (AvgIpc) is 2.42. The van der Waals surface area contributed by atoms with Crippen LogP contribution in [0.2, 0.25) is 5.02 Å². The average molecular weight is 214 g/mol. The minimum absolute atomic E-state index is 0.102. The molecular formula is C9H8ClNOS. The van der Waals surface area contributed by atoms with E-state index in [1.165, 1.54) is 0 Å². The second-order valence-electron chi connectivity index (χ2n) is 2.99. The van der Waals surface area contributed by atoms with Crippen LogP contribution in [0.3, 0.4) is 0 Å². The van der Waals surface area contributed by atoms with Gasteiger partial charge in [-0.15, -0.1) is 11.3 Å². The number of fused-ring (bicyclic) bond motifs is 1. The molecule has 0 spiro atoms. The van der Waals surface area contributed by atoms with Gasteiger partial charge < -0.3 is 4.98 Å². The summed E-state index contributed by atoms with van der Waals surface area (Å²) in [4.78, 5) is 15.3. The van der Waals surface area contributed by atoms with E-state index in [4.69, 9.17) is 11.6 Å². The summed E-state index contributed by atoms with van der Waals surface area (Å²) >= 11 is 7.63.